The number of fused-ring (bicyclic) bond motifs is 1. The maximum atomic E-state index is 12.5. The monoisotopic (exact) mass is 579 g/mol. The fraction of sp³-hybridized carbons (Fsp3) is 0.0385. The Bertz CT molecular complexity index is 1370. The average molecular weight is 581 g/mol. The molecule has 0 heterocycles. The fourth-order valence-electron chi connectivity index (χ4n) is 3.28. The van der Waals surface area contributed by atoms with Gasteiger partial charge in [-0.05, 0) is 51.6 Å². The Morgan fingerprint density at radius 1 is 0.912 bits per heavy atom. The van der Waals surface area contributed by atoms with Crippen LogP contribution in [-0.4, -0.2) is 24.6 Å². The third kappa shape index (κ3) is 5.89. The van der Waals surface area contributed by atoms with E-state index in [0.717, 1.165) is 20.9 Å². The molecule has 2 N–H and O–H groups in total. The SMILES string of the molecule is O=C(CNc1cccc2ccccc12)N/N=C\c1cc(Br)cc(Br)c1OC(=O)c1ccccc1. The highest BCUT2D eigenvalue weighted by molar-refractivity contribution is 9.11. The first kappa shape index (κ1) is 23.7. The molecule has 4 rings (SSSR count). The highest BCUT2D eigenvalue weighted by Gasteiger charge is 2.15. The second-order valence-corrected chi connectivity index (χ2v) is 9.00. The van der Waals surface area contributed by atoms with Crippen LogP contribution in [0.15, 0.2) is 99.0 Å². The highest BCUT2D eigenvalue weighted by atomic mass is 79.9. The number of hydrazone groups is 1. The van der Waals surface area contributed by atoms with Crippen LogP contribution in [0.4, 0.5) is 5.69 Å². The molecular formula is C26H19Br2N3O3. The fourth-order valence-corrected chi connectivity index (χ4v) is 4.62. The van der Waals surface area contributed by atoms with Gasteiger partial charge in [-0.15, -0.1) is 0 Å². The maximum absolute atomic E-state index is 12.5. The number of amides is 1. The molecule has 0 unspecified atom stereocenters. The Kier molecular flexibility index (Phi) is 7.72. The van der Waals surface area contributed by atoms with E-state index in [4.69, 9.17) is 4.74 Å². The molecule has 0 saturated carbocycles. The second kappa shape index (κ2) is 11.1. The van der Waals surface area contributed by atoms with Crippen LogP contribution in [0.25, 0.3) is 10.8 Å². The van der Waals surface area contributed by atoms with Crippen molar-refractivity contribution in [2.75, 3.05) is 11.9 Å². The Morgan fingerprint density at radius 2 is 1.65 bits per heavy atom. The summed E-state index contributed by atoms with van der Waals surface area (Å²) in [6.07, 6.45) is 1.43. The van der Waals surface area contributed by atoms with Gasteiger partial charge in [0.15, 0.2) is 5.75 Å². The molecule has 0 aliphatic rings. The van der Waals surface area contributed by atoms with E-state index in [9.17, 15) is 9.59 Å². The van der Waals surface area contributed by atoms with Gasteiger partial charge in [-0.3, -0.25) is 4.79 Å². The second-order valence-electron chi connectivity index (χ2n) is 7.23. The number of halogens is 2. The number of carbonyl (C=O) groups is 2. The molecule has 0 bridgehead atoms. The Morgan fingerprint density at radius 3 is 2.47 bits per heavy atom. The molecule has 4 aromatic rings. The van der Waals surface area contributed by atoms with Crippen molar-refractivity contribution in [1.29, 1.82) is 0 Å². The van der Waals surface area contributed by atoms with Gasteiger partial charge in [-0.2, -0.15) is 5.10 Å². The average Bonchev–Trinajstić information content (AvgIpc) is 2.85. The number of benzene rings is 4. The zero-order valence-corrected chi connectivity index (χ0v) is 21.0. The van der Waals surface area contributed by atoms with E-state index in [2.05, 4.69) is 47.7 Å². The van der Waals surface area contributed by atoms with Crippen LogP contribution in [0, 0.1) is 0 Å². The molecule has 0 aliphatic carbocycles. The number of hydrogen-bond donors (Lipinski definition) is 2. The Hall–Kier alpha value is -3.49. The van der Waals surface area contributed by atoms with E-state index in [0.29, 0.717) is 21.3 Å². The molecule has 0 fully saturated rings. The summed E-state index contributed by atoms with van der Waals surface area (Å²) in [5.41, 5.74) is 4.29. The predicted octanol–water partition coefficient (Wildman–Crippen LogP) is 6.15. The summed E-state index contributed by atoms with van der Waals surface area (Å²) in [5, 5.41) is 9.30. The molecular weight excluding hydrogens is 562 g/mol. The third-order valence-corrected chi connectivity index (χ3v) is 5.91. The molecule has 0 aliphatic heterocycles. The minimum Gasteiger partial charge on any atom is -0.421 e. The van der Waals surface area contributed by atoms with Gasteiger partial charge < -0.3 is 10.1 Å². The van der Waals surface area contributed by atoms with Crippen LogP contribution in [0.3, 0.4) is 0 Å². The minimum absolute atomic E-state index is 0.0450. The number of rotatable bonds is 7. The largest absolute Gasteiger partial charge is 0.421 e. The van der Waals surface area contributed by atoms with Crippen molar-refractivity contribution in [2.24, 2.45) is 5.10 Å². The van der Waals surface area contributed by atoms with Crippen molar-refractivity contribution >= 4 is 66.4 Å². The Labute approximate surface area is 213 Å². The van der Waals surface area contributed by atoms with E-state index in [1.54, 1.807) is 36.4 Å². The lowest BCUT2D eigenvalue weighted by Crippen LogP contribution is -2.26. The van der Waals surface area contributed by atoms with E-state index in [1.807, 2.05) is 48.5 Å². The molecule has 6 nitrogen and oxygen atoms in total. The molecule has 34 heavy (non-hydrogen) atoms. The maximum Gasteiger partial charge on any atom is 0.343 e. The molecule has 1 amide bonds. The number of ether oxygens (including phenoxy) is 1. The number of nitrogens with zero attached hydrogens (tertiary/aromatic N) is 1. The van der Waals surface area contributed by atoms with Crippen molar-refractivity contribution in [3.05, 3.63) is 105 Å². The van der Waals surface area contributed by atoms with Gasteiger partial charge in [0.25, 0.3) is 5.91 Å². The summed E-state index contributed by atoms with van der Waals surface area (Å²) < 4.78 is 6.92. The third-order valence-electron chi connectivity index (χ3n) is 4.86. The molecule has 0 aromatic heterocycles. The number of hydrogen-bond acceptors (Lipinski definition) is 5. The summed E-state index contributed by atoms with van der Waals surface area (Å²) in [6, 6.07) is 26.0. The summed E-state index contributed by atoms with van der Waals surface area (Å²) in [7, 11) is 0. The lowest BCUT2D eigenvalue weighted by molar-refractivity contribution is -0.119. The topological polar surface area (TPSA) is 79.8 Å². The van der Waals surface area contributed by atoms with E-state index in [1.165, 1.54) is 6.21 Å². The molecule has 0 atom stereocenters. The van der Waals surface area contributed by atoms with Crippen molar-refractivity contribution in [3.8, 4) is 5.75 Å². The van der Waals surface area contributed by atoms with Crippen molar-refractivity contribution in [3.63, 3.8) is 0 Å². The summed E-state index contributed by atoms with van der Waals surface area (Å²) in [4.78, 5) is 24.9. The molecule has 0 spiro atoms. The zero-order valence-electron chi connectivity index (χ0n) is 17.8. The summed E-state index contributed by atoms with van der Waals surface area (Å²) >= 11 is 6.84. The summed E-state index contributed by atoms with van der Waals surface area (Å²) in [6.45, 7) is 0.0450. The van der Waals surface area contributed by atoms with Crippen LogP contribution in [0.2, 0.25) is 0 Å². The zero-order chi connectivity index (χ0) is 23.9. The van der Waals surface area contributed by atoms with Crippen LogP contribution in [-0.2, 0) is 4.79 Å². The number of carbonyl (C=O) groups excluding carboxylic acids is 2. The van der Waals surface area contributed by atoms with E-state index in [-0.39, 0.29) is 12.5 Å². The van der Waals surface area contributed by atoms with Crippen molar-refractivity contribution in [2.45, 2.75) is 0 Å². The Balaban J connectivity index is 1.42. The van der Waals surface area contributed by atoms with Gasteiger partial charge in [-0.1, -0.05) is 70.5 Å². The van der Waals surface area contributed by atoms with Gasteiger partial charge in [-0.25, -0.2) is 10.2 Å². The smallest absolute Gasteiger partial charge is 0.343 e. The van der Waals surface area contributed by atoms with Gasteiger partial charge >= 0.3 is 5.97 Å². The number of nitrogens with one attached hydrogen (secondary N) is 2. The number of anilines is 1. The van der Waals surface area contributed by atoms with Crippen LogP contribution >= 0.6 is 31.9 Å². The normalized spacial score (nSPS) is 10.9. The first-order valence-corrected chi connectivity index (χ1v) is 11.9. The standard InChI is InChI=1S/C26H19Br2N3O3/c27-20-13-19(25(22(28)14-20)34-26(33)18-8-2-1-3-9-18)15-30-31-24(32)16-29-23-12-6-10-17-7-4-5-11-21(17)23/h1-15,29H,16H2,(H,31,32)/b30-15-. The minimum atomic E-state index is -0.499. The molecule has 0 saturated heterocycles. The van der Waals surface area contributed by atoms with Crippen molar-refractivity contribution < 1.29 is 14.3 Å². The van der Waals surface area contributed by atoms with Gasteiger partial charge in [0, 0.05) is 21.1 Å². The van der Waals surface area contributed by atoms with Gasteiger partial charge in [0.2, 0.25) is 0 Å². The predicted molar refractivity (Wildman–Crippen MR) is 141 cm³/mol. The van der Waals surface area contributed by atoms with Gasteiger partial charge in [0.05, 0.1) is 22.8 Å². The summed E-state index contributed by atoms with van der Waals surface area (Å²) in [5.74, 6) is -0.522. The first-order valence-electron chi connectivity index (χ1n) is 10.3. The number of esters is 1. The van der Waals surface area contributed by atoms with Gasteiger partial charge in [0.1, 0.15) is 0 Å². The van der Waals surface area contributed by atoms with Crippen LogP contribution < -0.4 is 15.5 Å². The van der Waals surface area contributed by atoms with Crippen LogP contribution in [0.5, 0.6) is 5.75 Å². The highest BCUT2D eigenvalue weighted by Crippen LogP contribution is 2.32. The molecule has 170 valence electrons. The molecule has 4 aromatic carbocycles. The lowest BCUT2D eigenvalue weighted by Gasteiger charge is -2.11. The molecule has 0 radical (unpaired) electrons. The van der Waals surface area contributed by atoms with E-state index >= 15 is 0 Å². The molecule has 8 heteroatoms. The van der Waals surface area contributed by atoms with Crippen molar-refractivity contribution in [1.82, 2.24) is 5.43 Å². The van der Waals surface area contributed by atoms with E-state index < -0.39 is 5.97 Å². The quantitative estimate of drug-likeness (QED) is 0.119. The lowest BCUT2D eigenvalue weighted by atomic mass is 10.1. The first-order chi connectivity index (χ1) is 16.5. The van der Waals surface area contributed by atoms with Crippen LogP contribution in [0.1, 0.15) is 15.9 Å².